The molecule has 0 radical (unpaired) electrons. The highest BCUT2D eigenvalue weighted by atomic mass is 35.5. The molecule has 4 aromatic rings. The molecule has 0 saturated carbocycles. The molecule has 0 spiro atoms. The molecule has 2 aromatic heterocycles. The summed E-state index contributed by atoms with van der Waals surface area (Å²) in [5.74, 6) is -3.20. The number of carbonyl (C=O) groups excluding carboxylic acids is 1. The molecule has 0 atom stereocenters. The van der Waals surface area contributed by atoms with E-state index >= 15 is 0 Å². The molecule has 0 aliphatic rings. The standard InChI is InChI=1S/C19H9ClF2N2O3S2/c20-8-4-5-9(12(22)6-8)10-7-28-17(14(10)19(26)27)24-16(25)18-23-13-3-1-2-11(21)15(13)29-18/h1-7H,(H,24,25)(H,26,27). The van der Waals surface area contributed by atoms with Gasteiger partial charge in [0.25, 0.3) is 5.91 Å². The van der Waals surface area contributed by atoms with Gasteiger partial charge in [-0.1, -0.05) is 17.7 Å². The molecule has 146 valence electrons. The number of carbonyl (C=O) groups is 2. The summed E-state index contributed by atoms with van der Waals surface area (Å²) in [6, 6.07) is 8.20. The number of thiophene rings is 1. The van der Waals surface area contributed by atoms with E-state index in [0.29, 0.717) is 5.52 Å². The lowest BCUT2D eigenvalue weighted by Gasteiger charge is -2.06. The number of carboxylic acids is 1. The van der Waals surface area contributed by atoms with Crippen LogP contribution in [0.3, 0.4) is 0 Å². The molecule has 0 bridgehead atoms. The summed E-state index contributed by atoms with van der Waals surface area (Å²) in [5.41, 5.74) is 0.235. The molecule has 0 unspecified atom stereocenters. The van der Waals surface area contributed by atoms with Crippen LogP contribution >= 0.6 is 34.3 Å². The molecule has 5 nitrogen and oxygen atoms in total. The minimum Gasteiger partial charge on any atom is -0.478 e. The average Bonchev–Trinajstić information content (AvgIpc) is 3.27. The van der Waals surface area contributed by atoms with Crippen LogP contribution in [0.4, 0.5) is 13.8 Å². The molecular weight excluding hydrogens is 442 g/mol. The van der Waals surface area contributed by atoms with Crippen LogP contribution < -0.4 is 5.32 Å². The van der Waals surface area contributed by atoms with E-state index in [1.165, 1.54) is 29.6 Å². The van der Waals surface area contributed by atoms with Crippen molar-refractivity contribution in [2.75, 3.05) is 5.32 Å². The summed E-state index contributed by atoms with van der Waals surface area (Å²) in [6.45, 7) is 0. The van der Waals surface area contributed by atoms with E-state index in [4.69, 9.17) is 11.6 Å². The summed E-state index contributed by atoms with van der Waals surface area (Å²) in [4.78, 5) is 28.4. The highest BCUT2D eigenvalue weighted by molar-refractivity contribution is 7.20. The van der Waals surface area contributed by atoms with Crippen LogP contribution in [0.5, 0.6) is 0 Å². The fourth-order valence-electron chi connectivity index (χ4n) is 2.74. The molecule has 4 rings (SSSR count). The number of amides is 1. The molecule has 10 heteroatoms. The maximum absolute atomic E-state index is 14.3. The van der Waals surface area contributed by atoms with Crippen molar-refractivity contribution in [2.24, 2.45) is 0 Å². The number of carboxylic acid groups (broad SMARTS) is 1. The first kappa shape index (κ1) is 19.4. The number of hydrogen-bond acceptors (Lipinski definition) is 5. The van der Waals surface area contributed by atoms with Crippen molar-refractivity contribution in [2.45, 2.75) is 0 Å². The first-order valence-electron chi connectivity index (χ1n) is 8.01. The Kier molecular flexibility index (Phi) is 5.03. The van der Waals surface area contributed by atoms with E-state index in [-0.39, 0.29) is 36.4 Å². The van der Waals surface area contributed by atoms with Gasteiger partial charge in [0.1, 0.15) is 22.2 Å². The van der Waals surface area contributed by atoms with Gasteiger partial charge in [-0.25, -0.2) is 18.6 Å². The van der Waals surface area contributed by atoms with Gasteiger partial charge in [-0.05, 0) is 30.3 Å². The van der Waals surface area contributed by atoms with Crippen molar-refractivity contribution >= 4 is 61.4 Å². The first-order chi connectivity index (χ1) is 13.8. The zero-order valence-corrected chi connectivity index (χ0v) is 16.6. The number of thiazole rings is 1. The third kappa shape index (κ3) is 3.59. The lowest BCUT2D eigenvalue weighted by Crippen LogP contribution is -2.13. The van der Waals surface area contributed by atoms with Crippen molar-refractivity contribution in [3.8, 4) is 11.1 Å². The van der Waals surface area contributed by atoms with E-state index in [0.717, 1.165) is 28.7 Å². The summed E-state index contributed by atoms with van der Waals surface area (Å²) < 4.78 is 28.3. The van der Waals surface area contributed by atoms with Gasteiger partial charge in [-0.3, -0.25) is 4.79 Å². The SMILES string of the molecule is O=C(Nc1scc(-c2ccc(Cl)cc2F)c1C(=O)O)c1nc2cccc(F)c2s1. The Labute approximate surface area is 175 Å². The van der Waals surface area contributed by atoms with Crippen LogP contribution in [0.25, 0.3) is 21.3 Å². The van der Waals surface area contributed by atoms with E-state index in [1.807, 2.05) is 0 Å². The smallest absolute Gasteiger partial charge is 0.339 e. The number of fused-ring (bicyclic) bond motifs is 1. The molecule has 0 aliphatic heterocycles. The lowest BCUT2D eigenvalue weighted by molar-refractivity contribution is 0.0699. The van der Waals surface area contributed by atoms with Crippen molar-refractivity contribution in [1.82, 2.24) is 4.98 Å². The van der Waals surface area contributed by atoms with Crippen LogP contribution in [-0.4, -0.2) is 22.0 Å². The van der Waals surface area contributed by atoms with Gasteiger partial charge in [-0.2, -0.15) is 0 Å². The summed E-state index contributed by atoms with van der Waals surface area (Å²) in [7, 11) is 0. The van der Waals surface area contributed by atoms with E-state index in [1.54, 1.807) is 6.07 Å². The molecule has 29 heavy (non-hydrogen) atoms. The molecular formula is C19H9ClF2N2O3S2. The molecule has 2 aromatic carbocycles. The minimum atomic E-state index is -1.33. The Hall–Kier alpha value is -2.88. The summed E-state index contributed by atoms with van der Waals surface area (Å²) >= 11 is 7.54. The number of rotatable bonds is 4. The number of aromatic nitrogens is 1. The topological polar surface area (TPSA) is 79.3 Å². The van der Waals surface area contributed by atoms with Gasteiger partial charge in [0.05, 0.1) is 10.2 Å². The first-order valence-corrected chi connectivity index (χ1v) is 10.1. The largest absolute Gasteiger partial charge is 0.478 e. The molecule has 2 heterocycles. The third-order valence-electron chi connectivity index (χ3n) is 4.01. The van der Waals surface area contributed by atoms with E-state index in [2.05, 4.69) is 10.3 Å². The van der Waals surface area contributed by atoms with Crippen molar-refractivity contribution in [3.05, 3.63) is 69.0 Å². The van der Waals surface area contributed by atoms with Crippen molar-refractivity contribution in [3.63, 3.8) is 0 Å². The number of benzene rings is 2. The zero-order valence-electron chi connectivity index (χ0n) is 14.2. The van der Waals surface area contributed by atoms with Crippen LogP contribution in [0, 0.1) is 11.6 Å². The maximum atomic E-state index is 14.3. The molecule has 0 saturated heterocycles. The Balaban J connectivity index is 1.71. The highest BCUT2D eigenvalue weighted by Crippen LogP contribution is 2.38. The summed E-state index contributed by atoms with van der Waals surface area (Å²) in [6.07, 6.45) is 0. The van der Waals surface area contributed by atoms with Crippen LogP contribution in [0.1, 0.15) is 20.2 Å². The van der Waals surface area contributed by atoms with Gasteiger partial charge in [0, 0.05) is 21.5 Å². The molecule has 1 amide bonds. The van der Waals surface area contributed by atoms with Crippen molar-refractivity contribution < 1.29 is 23.5 Å². The summed E-state index contributed by atoms with van der Waals surface area (Å²) in [5, 5.41) is 13.7. The number of nitrogens with one attached hydrogen (secondary N) is 1. The number of nitrogens with zero attached hydrogens (tertiary/aromatic N) is 1. The number of hydrogen-bond donors (Lipinski definition) is 2. The number of halogens is 3. The average molecular weight is 451 g/mol. The van der Waals surface area contributed by atoms with E-state index < -0.39 is 23.5 Å². The molecule has 0 aliphatic carbocycles. The molecule has 2 N–H and O–H groups in total. The lowest BCUT2D eigenvalue weighted by atomic mass is 10.0. The van der Waals surface area contributed by atoms with Gasteiger partial charge < -0.3 is 10.4 Å². The van der Waals surface area contributed by atoms with Crippen LogP contribution in [-0.2, 0) is 0 Å². The van der Waals surface area contributed by atoms with E-state index in [9.17, 15) is 23.5 Å². The highest BCUT2D eigenvalue weighted by Gasteiger charge is 2.24. The fraction of sp³-hybridized carbons (Fsp3) is 0. The van der Waals surface area contributed by atoms with Gasteiger partial charge >= 0.3 is 5.97 Å². The third-order valence-corrected chi connectivity index (χ3v) is 6.22. The van der Waals surface area contributed by atoms with Gasteiger partial charge in [0.2, 0.25) is 0 Å². The Morgan fingerprint density at radius 2 is 1.90 bits per heavy atom. The van der Waals surface area contributed by atoms with Gasteiger partial charge in [-0.15, -0.1) is 22.7 Å². The Bertz CT molecular complexity index is 1290. The predicted molar refractivity (Wildman–Crippen MR) is 109 cm³/mol. The zero-order chi connectivity index (χ0) is 20.7. The second-order valence-electron chi connectivity index (χ2n) is 5.84. The number of anilines is 1. The van der Waals surface area contributed by atoms with Gasteiger partial charge in [0.15, 0.2) is 5.01 Å². The van der Waals surface area contributed by atoms with Crippen LogP contribution in [0.2, 0.25) is 5.02 Å². The molecule has 0 fully saturated rings. The minimum absolute atomic E-state index is 0.0194. The normalized spacial score (nSPS) is 11.0. The van der Waals surface area contributed by atoms with Crippen molar-refractivity contribution in [1.29, 1.82) is 0 Å². The Morgan fingerprint density at radius 3 is 2.59 bits per heavy atom. The fourth-order valence-corrected chi connectivity index (χ4v) is 4.71. The second kappa shape index (κ2) is 7.51. The quantitative estimate of drug-likeness (QED) is 0.405. The monoisotopic (exact) mass is 450 g/mol. The maximum Gasteiger partial charge on any atom is 0.339 e. The second-order valence-corrected chi connectivity index (χ2v) is 8.16. The van der Waals surface area contributed by atoms with Crippen LogP contribution in [0.15, 0.2) is 41.8 Å². The Morgan fingerprint density at radius 1 is 1.10 bits per heavy atom. The number of aromatic carboxylic acids is 1. The predicted octanol–water partition coefficient (Wildman–Crippen LogP) is 5.91.